The van der Waals surface area contributed by atoms with E-state index in [1.165, 1.54) is 12.3 Å². The summed E-state index contributed by atoms with van der Waals surface area (Å²) in [7, 11) is 0. The van der Waals surface area contributed by atoms with Crippen molar-refractivity contribution in [2.75, 3.05) is 17.6 Å². The molecule has 0 fully saturated rings. The predicted molar refractivity (Wildman–Crippen MR) is 63.6 cm³/mol. The smallest absolute Gasteiger partial charge is 0.337 e. The molecule has 0 aliphatic carbocycles. The van der Waals surface area contributed by atoms with Crippen molar-refractivity contribution in [2.45, 2.75) is 20.3 Å². The molecule has 1 unspecified atom stereocenters. The molecule has 1 heterocycles. The molecule has 5 heteroatoms. The average molecular weight is 223 g/mol. The van der Waals surface area contributed by atoms with Gasteiger partial charge in [-0.3, -0.25) is 0 Å². The van der Waals surface area contributed by atoms with Gasteiger partial charge in [-0.05, 0) is 12.0 Å². The molecule has 16 heavy (non-hydrogen) atoms. The van der Waals surface area contributed by atoms with Crippen LogP contribution < -0.4 is 11.1 Å². The molecule has 4 N–H and O–H groups in total. The van der Waals surface area contributed by atoms with Crippen molar-refractivity contribution in [3.05, 3.63) is 17.8 Å². The predicted octanol–water partition coefficient (Wildman–Crippen LogP) is 1.82. The summed E-state index contributed by atoms with van der Waals surface area (Å²) in [6.45, 7) is 4.99. The molecular weight excluding hydrogens is 206 g/mol. The topological polar surface area (TPSA) is 88.2 Å². The van der Waals surface area contributed by atoms with Crippen molar-refractivity contribution in [2.24, 2.45) is 5.92 Å². The number of nitrogens with zero attached hydrogens (tertiary/aromatic N) is 1. The molecule has 0 aliphatic rings. The lowest BCUT2D eigenvalue weighted by atomic mass is 10.1. The Balaban J connectivity index is 2.75. The molecule has 1 rings (SSSR count). The second-order valence-electron chi connectivity index (χ2n) is 3.86. The summed E-state index contributed by atoms with van der Waals surface area (Å²) in [6.07, 6.45) is 2.43. The zero-order chi connectivity index (χ0) is 12.1. The van der Waals surface area contributed by atoms with E-state index in [-0.39, 0.29) is 11.3 Å². The van der Waals surface area contributed by atoms with Gasteiger partial charge >= 0.3 is 5.97 Å². The van der Waals surface area contributed by atoms with Crippen molar-refractivity contribution in [3.8, 4) is 0 Å². The van der Waals surface area contributed by atoms with Crippen LogP contribution in [0.4, 0.5) is 11.5 Å². The second-order valence-corrected chi connectivity index (χ2v) is 3.86. The van der Waals surface area contributed by atoms with Gasteiger partial charge in [0.1, 0.15) is 5.82 Å². The number of carbonyl (C=O) groups is 1. The van der Waals surface area contributed by atoms with Gasteiger partial charge in [-0.15, -0.1) is 0 Å². The highest BCUT2D eigenvalue weighted by Gasteiger charge is 2.09. The molecule has 0 aromatic carbocycles. The number of nitrogens with two attached hydrogens (primary N) is 1. The summed E-state index contributed by atoms with van der Waals surface area (Å²) in [4.78, 5) is 14.9. The second kappa shape index (κ2) is 5.34. The number of aromatic carboxylic acids is 1. The lowest BCUT2D eigenvalue weighted by Gasteiger charge is -2.11. The van der Waals surface area contributed by atoms with E-state index in [2.05, 4.69) is 24.1 Å². The lowest BCUT2D eigenvalue weighted by molar-refractivity contribution is 0.0698. The van der Waals surface area contributed by atoms with E-state index < -0.39 is 5.97 Å². The Morgan fingerprint density at radius 2 is 2.38 bits per heavy atom. The van der Waals surface area contributed by atoms with Gasteiger partial charge in [0, 0.05) is 6.54 Å². The van der Waals surface area contributed by atoms with Gasteiger partial charge in [0.05, 0.1) is 17.4 Å². The van der Waals surface area contributed by atoms with E-state index >= 15 is 0 Å². The minimum atomic E-state index is -1.04. The number of anilines is 2. The van der Waals surface area contributed by atoms with Crippen LogP contribution in [0.5, 0.6) is 0 Å². The zero-order valence-corrected chi connectivity index (χ0v) is 9.53. The molecular formula is C11H17N3O2. The number of rotatable bonds is 5. The number of hydrogen-bond acceptors (Lipinski definition) is 4. The molecule has 5 nitrogen and oxygen atoms in total. The third-order valence-electron chi connectivity index (χ3n) is 2.49. The fraction of sp³-hybridized carbons (Fsp3) is 0.455. The molecule has 0 bridgehead atoms. The number of carboxylic acids is 1. The van der Waals surface area contributed by atoms with Gasteiger partial charge in [-0.25, -0.2) is 9.78 Å². The maximum absolute atomic E-state index is 10.8. The normalized spacial score (nSPS) is 12.1. The van der Waals surface area contributed by atoms with Crippen molar-refractivity contribution >= 4 is 17.5 Å². The number of nitrogen functional groups attached to an aromatic ring is 1. The maximum Gasteiger partial charge on any atom is 0.337 e. The van der Waals surface area contributed by atoms with Crippen LogP contribution in [0.2, 0.25) is 0 Å². The van der Waals surface area contributed by atoms with Gasteiger partial charge in [0.25, 0.3) is 0 Å². The van der Waals surface area contributed by atoms with E-state index in [4.69, 9.17) is 10.8 Å². The van der Waals surface area contributed by atoms with Crippen molar-refractivity contribution in [1.29, 1.82) is 0 Å². The first kappa shape index (κ1) is 12.3. The average Bonchev–Trinajstić information content (AvgIpc) is 2.27. The standard InChI is InChI=1S/C11H17N3O2/c1-3-7(2)5-13-10-4-8(11(15)16)9(12)6-14-10/h4,6-7H,3,5,12H2,1-2H3,(H,13,14)(H,15,16). The Morgan fingerprint density at radius 1 is 1.69 bits per heavy atom. The van der Waals surface area contributed by atoms with Gasteiger partial charge in [0.15, 0.2) is 0 Å². The quantitative estimate of drug-likeness (QED) is 0.708. The molecule has 0 saturated heterocycles. The molecule has 0 spiro atoms. The third kappa shape index (κ3) is 3.12. The van der Waals surface area contributed by atoms with Crippen molar-refractivity contribution in [3.63, 3.8) is 0 Å². The number of hydrogen-bond donors (Lipinski definition) is 3. The van der Waals surface area contributed by atoms with Gasteiger partial charge < -0.3 is 16.2 Å². The molecule has 0 aliphatic heterocycles. The largest absolute Gasteiger partial charge is 0.478 e. The summed E-state index contributed by atoms with van der Waals surface area (Å²) < 4.78 is 0. The van der Waals surface area contributed by atoms with Crippen LogP contribution >= 0.6 is 0 Å². The number of carboxylic acid groups (broad SMARTS) is 1. The Hall–Kier alpha value is -1.78. The highest BCUT2D eigenvalue weighted by Crippen LogP contribution is 2.15. The number of nitrogens with one attached hydrogen (secondary N) is 1. The monoisotopic (exact) mass is 223 g/mol. The van der Waals surface area contributed by atoms with E-state index in [1.807, 2.05) is 0 Å². The third-order valence-corrected chi connectivity index (χ3v) is 2.49. The fourth-order valence-corrected chi connectivity index (χ4v) is 1.17. The van der Waals surface area contributed by atoms with Crippen LogP contribution in [0.25, 0.3) is 0 Å². The van der Waals surface area contributed by atoms with Crippen LogP contribution in [-0.4, -0.2) is 22.6 Å². The molecule has 88 valence electrons. The first-order valence-electron chi connectivity index (χ1n) is 5.27. The maximum atomic E-state index is 10.8. The summed E-state index contributed by atoms with van der Waals surface area (Å²) >= 11 is 0. The van der Waals surface area contributed by atoms with E-state index in [0.29, 0.717) is 11.7 Å². The number of pyridine rings is 1. The van der Waals surface area contributed by atoms with Crippen LogP contribution in [0.1, 0.15) is 30.6 Å². The van der Waals surface area contributed by atoms with Crippen LogP contribution in [0.15, 0.2) is 12.3 Å². The van der Waals surface area contributed by atoms with Crippen LogP contribution in [0, 0.1) is 5.92 Å². The minimum Gasteiger partial charge on any atom is -0.478 e. The summed E-state index contributed by atoms with van der Waals surface area (Å²) in [5.74, 6) is 0.0334. The summed E-state index contributed by atoms with van der Waals surface area (Å²) in [6, 6.07) is 1.46. The Kier molecular flexibility index (Phi) is 4.10. The van der Waals surface area contributed by atoms with E-state index in [1.54, 1.807) is 0 Å². The zero-order valence-electron chi connectivity index (χ0n) is 9.53. The van der Waals surface area contributed by atoms with Crippen LogP contribution in [-0.2, 0) is 0 Å². The van der Waals surface area contributed by atoms with E-state index in [0.717, 1.165) is 13.0 Å². The summed E-state index contributed by atoms with van der Waals surface area (Å²) in [5.41, 5.74) is 5.77. The van der Waals surface area contributed by atoms with Gasteiger partial charge in [0.2, 0.25) is 0 Å². The van der Waals surface area contributed by atoms with Gasteiger partial charge in [-0.2, -0.15) is 0 Å². The lowest BCUT2D eigenvalue weighted by Crippen LogP contribution is -2.12. The Bertz CT molecular complexity index is 379. The Morgan fingerprint density at radius 3 is 2.94 bits per heavy atom. The fourth-order valence-electron chi connectivity index (χ4n) is 1.17. The molecule has 1 atom stereocenters. The molecule has 0 radical (unpaired) electrons. The SMILES string of the molecule is CCC(C)CNc1cc(C(=O)O)c(N)cn1. The first-order valence-corrected chi connectivity index (χ1v) is 5.27. The van der Waals surface area contributed by atoms with Gasteiger partial charge in [-0.1, -0.05) is 20.3 Å². The molecule has 0 saturated carbocycles. The highest BCUT2D eigenvalue weighted by molar-refractivity contribution is 5.94. The Labute approximate surface area is 94.7 Å². The summed E-state index contributed by atoms with van der Waals surface area (Å²) in [5, 5.41) is 12.0. The molecule has 1 aromatic heterocycles. The number of aromatic nitrogens is 1. The molecule has 1 aromatic rings. The minimum absolute atomic E-state index is 0.0849. The van der Waals surface area contributed by atoms with Crippen molar-refractivity contribution < 1.29 is 9.90 Å². The first-order chi connectivity index (χ1) is 7.54. The highest BCUT2D eigenvalue weighted by atomic mass is 16.4. The molecule has 0 amide bonds. The van der Waals surface area contributed by atoms with Crippen molar-refractivity contribution in [1.82, 2.24) is 4.98 Å². The van der Waals surface area contributed by atoms with E-state index in [9.17, 15) is 4.79 Å². The van der Waals surface area contributed by atoms with Crippen LogP contribution in [0.3, 0.4) is 0 Å².